The number of fused-ring (bicyclic) bond motifs is 3. The Morgan fingerprint density at radius 2 is 2.03 bits per heavy atom. The molecule has 0 unspecified atom stereocenters. The minimum Gasteiger partial charge on any atom is -0.389 e. The average Bonchev–Trinajstić information content (AvgIpc) is 3.27. The number of H-pyrrole nitrogens is 1. The maximum atomic E-state index is 12.8. The van der Waals surface area contributed by atoms with Crippen molar-refractivity contribution in [1.29, 1.82) is 0 Å². The van der Waals surface area contributed by atoms with E-state index in [0.29, 0.717) is 31.6 Å². The largest absolute Gasteiger partial charge is 0.389 e. The van der Waals surface area contributed by atoms with Crippen molar-refractivity contribution in [2.75, 3.05) is 13.2 Å². The van der Waals surface area contributed by atoms with Gasteiger partial charge in [-0.05, 0) is 51.5 Å². The van der Waals surface area contributed by atoms with E-state index in [0.717, 1.165) is 42.3 Å². The van der Waals surface area contributed by atoms with Crippen molar-refractivity contribution in [1.82, 2.24) is 14.9 Å². The Bertz CT molecular complexity index is 885. The van der Waals surface area contributed by atoms with Crippen LogP contribution in [-0.2, 0) is 24.1 Å². The van der Waals surface area contributed by atoms with Crippen LogP contribution in [0.3, 0.4) is 0 Å². The molecule has 0 bridgehead atoms. The zero-order valence-corrected chi connectivity index (χ0v) is 18.4. The third kappa shape index (κ3) is 4.90. The summed E-state index contributed by atoms with van der Waals surface area (Å²) >= 11 is 1.68. The first-order valence-corrected chi connectivity index (χ1v) is 11.9. The Hall–Kier alpha value is -1.28. The molecule has 6 nitrogen and oxygen atoms in total. The molecule has 1 atom stereocenters. The van der Waals surface area contributed by atoms with Crippen molar-refractivity contribution in [3.63, 3.8) is 0 Å². The Balaban J connectivity index is 1.54. The van der Waals surface area contributed by atoms with Gasteiger partial charge in [0.2, 0.25) is 0 Å². The van der Waals surface area contributed by atoms with Crippen molar-refractivity contribution in [3.8, 4) is 0 Å². The van der Waals surface area contributed by atoms with Crippen molar-refractivity contribution >= 4 is 21.6 Å². The zero-order valence-electron chi connectivity index (χ0n) is 17.6. The molecule has 2 aromatic rings. The number of thiophene rings is 1. The molecule has 2 heterocycles. The molecule has 0 aliphatic heterocycles. The van der Waals surface area contributed by atoms with Gasteiger partial charge in [-0.2, -0.15) is 0 Å². The molecule has 2 N–H and O–H groups in total. The minimum atomic E-state index is -0.541. The number of rotatable bonds is 8. The summed E-state index contributed by atoms with van der Waals surface area (Å²) < 4.78 is 5.61. The van der Waals surface area contributed by atoms with Crippen LogP contribution in [0.4, 0.5) is 0 Å². The van der Waals surface area contributed by atoms with Crippen LogP contribution in [0.2, 0.25) is 0 Å². The van der Waals surface area contributed by atoms with Gasteiger partial charge in [0, 0.05) is 17.5 Å². The summed E-state index contributed by atoms with van der Waals surface area (Å²) in [5.74, 6) is 0.713. The molecule has 2 aromatic heterocycles. The van der Waals surface area contributed by atoms with Crippen molar-refractivity contribution in [2.24, 2.45) is 0 Å². The molecule has 0 spiro atoms. The molecule has 29 heavy (non-hydrogen) atoms. The first kappa shape index (κ1) is 21.0. The Morgan fingerprint density at radius 3 is 2.79 bits per heavy atom. The van der Waals surface area contributed by atoms with Crippen LogP contribution in [0.25, 0.3) is 10.2 Å². The molecule has 0 aromatic carbocycles. The van der Waals surface area contributed by atoms with E-state index in [2.05, 4.69) is 9.88 Å². The fraction of sp³-hybridized carbons (Fsp3) is 0.727. The quantitative estimate of drug-likeness (QED) is 0.686. The summed E-state index contributed by atoms with van der Waals surface area (Å²) in [6.07, 6.45) is 8.77. The lowest BCUT2D eigenvalue weighted by Gasteiger charge is -2.35. The van der Waals surface area contributed by atoms with E-state index in [1.165, 1.54) is 29.7 Å². The topological polar surface area (TPSA) is 78.5 Å². The van der Waals surface area contributed by atoms with Crippen LogP contribution in [0.5, 0.6) is 0 Å². The van der Waals surface area contributed by atoms with Crippen LogP contribution in [-0.4, -0.2) is 51.4 Å². The zero-order chi connectivity index (χ0) is 20.4. The van der Waals surface area contributed by atoms with E-state index < -0.39 is 6.10 Å². The Morgan fingerprint density at radius 1 is 1.24 bits per heavy atom. The highest BCUT2D eigenvalue weighted by Gasteiger charge is 2.26. The molecule has 1 saturated carbocycles. The van der Waals surface area contributed by atoms with E-state index in [4.69, 9.17) is 9.72 Å². The first-order chi connectivity index (χ1) is 14.0. The van der Waals surface area contributed by atoms with Gasteiger partial charge in [0.15, 0.2) is 0 Å². The van der Waals surface area contributed by atoms with Gasteiger partial charge in [0.1, 0.15) is 10.7 Å². The predicted octanol–water partition coefficient (Wildman–Crippen LogP) is 3.39. The average molecular weight is 420 g/mol. The molecule has 2 aliphatic carbocycles. The third-order valence-corrected chi connectivity index (χ3v) is 7.32. The number of hydrogen-bond donors (Lipinski definition) is 2. The summed E-state index contributed by atoms with van der Waals surface area (Å²) in [6, 6.07) is 0.423. The molecular weight excluding hydrogens is 386 g/mol. The molecule has 0 amide bonds. The number of aliphatic hydroxyl groups is 1. The van der Waals surface area contributed by atoms with E-state index in [1.54, 1.807) is 11.3 Å². The van der Waals surface area contributed by atoms with Crippen LogP contribution in [0.1, 0.15) is 68.6 Å². The second-order valence-electron chi connectivity index (χ2n) is 8.81. The highest BCUT2D eigenvalue weighted by Crippen LogP contribution is 2.34. The van der Waals surface area contributed by atoms with E-state index in [1.807, 2.05) is 13.8 Å². The van der Waals surface area contributed by atoms with E-state index in [9.17, 15) is 9.90 Å². The molecule has 0 radical (unpaired) electrons. The highest BCUT2D eigenvalue weighted by molar-refractivity contribution is 7.18. The standard InChI is InChI=1S/C22H33N3O3S/c1-14(2)28-13-16(26)11-25(15-7-4-3-5-8-15)12-19-23-21(27)20-17-9-6-10-18(17)29-22(20)24-19/h14-16,26H,3-13H2,1-2H3,(H,23,24,27)/t16-/m1/s1. The lowest BCUT2D eigenvalue weighted by molar-refractivity contribution is -0.0189. The maximum absolute atomic E-state index is 12.8. The molecular formula is C22H33N3O3S. The summed E-state index contributed by atoms with van der Waals surface area (Å²) in [5.41, 5.74) is 1.22. The molecule has 4 rings (SSSR count). The van der Waals surface area contributed by atoms with Gasteiger partial charge in [-0.1, -0.05) is 19.3 Å². The van der Waals surface area contributed by atoms with Gasteiger partial charge >= 0.3 is 0 Å². The number of hydrogen-bond acceptors (Lipinski definition) is 6. The van der Waals surface area contributed by atoms with Crippen LogP contribution < -0.4 is 5.56 Å². The maximum Gasteiger partial charge on any atom is 0.259 e. The number of aromatic nitrogens is 2. The number of aliphatic hydroxyl groups excluding tert-OH is 1. The van der Waals surface area contributed by atoms with Crippen LogP contribution in [0.15, 0.2) is 4.79 Å². The third-order valence-electron chi connectivity index (χ3n) is 6.14. The minimum absolute atomic E-state index is 0.00307. The van der Waals surface area contributed by atoms with E-state index in [-0.39, 0.29) is 11.7 Å². The highest BCUT2D eigenvalue weighted by atomic mass is 32.1. The molecule has 0 saturated heterocycles. The monoisotopic (exact) mass is 419 g/mol. The Kier molecular flexibility index (Phi) is 6.69. The first-order valence-electron chi connectivity index (χ1n) is 11.1. The lowest BCUT2D eigenvalue weighted by atomic mass is 9.94. The van der Waals surface area contributed by atoms with Gasteiger partial charge < -0.3 is 14.8 Å². The molecule has 7 heteroatoms. The van der Waals surface area contributed by atoms with Crippen LogP contribution >= 0.6 is 11.3 Å². The number of ether oxygens (including phenoxy) is 1. The van der Waals surface area contributed by atoms with Gasteiger partial charge in [-0.3, -0.25) is 9.69 Å². The number of nitrogens with one attached hydrogen (secondary N) is 1. The summed E-state index contributed by atoms with van der Waals surface area (Å²) in [6.45, 7) is 5.40. The predicted molar refractivity (Wildman–Crippen MR) is 117 cm³/mol. The lowest BCUT2D eigenvalue weighted by Crippen LogP contribution is -2.43. The second kappa shape index (κ2) is 9.25. The van der Waals surface area contributed by atoms with Crippen molar-refractivity contribution < 1.29 is 9.84 Å². The van der Waals surface area contributed by atoms with Crippen LogP contribution in [0, 0.1) is 0 Å². The molecule has 2 aliphatic rings. The summed E-state index contributed by atoms with van der Waals surface area (Å²) in [4.78, 5) is 25.2. The normalized spacial score (nSPS) is 18.8. The smallest absolute Gasteiger partial charge is 0.259 e. The number of nitrogens with zero attached hydrogens (tertiary/aromatic N) is 2. The van der Waals surface area contributed by atoms with Crippen molar-refractivity contribution in [2.45, 2.75) is 90.0 Å². The van der Waals surface area contributed by atoms with E-state index >= 15 is 0 Å². The summed E-state index contributed by atoms with van der Waals surface area (Å²) in [5, 5.41) is 11.3. The SMILES string of the molecule is CC(C)OC[C@H](O)CN(Cc1nc2sc3c(c2c(=O)[nH]1)CCC3)C1CCCCC1. The van der Waals surface area contributed by atoms with Gasteiger partial charge in [0.05, 0.1) is 30.7 Å². The van der Waals surface area contributed by atoms with Crippen molar-refractivity contribution in [3.05, 3.63) is 26.6 Å². The number of aromatic amines is 1. The Labute approximate surface area is 176 Å². The second-order valence-corrected chi connectivity index (χ2v) is 9.89. The fourth-order valence-electron chi connectivity index (χ4n) is 4.73. The molecule has 1 fully saturated rings. The summed E-state index contributed by atoms with van der Waals surface area (Å²) in [7, 11) is 0. The van der Waals surface area contributed by atoms with Gasteiger partial charge in [-0.15, -0.1) is 11.3 Å². The fourth-order valence-corrected chi connectivity index (χ4v) is 6.01. The van der Waals surface area contributed by atoms with Gasteiger partial charge in [-0.25, -0.2) is 4.98 Å². The van der Waals surface area contributed by atoms with Gasteiger partial charge in [0.25, 0.3) is 5.56 Å². The molecule has 160 valence electrons. The number of aryl methyl sites for hydroxylation is 2.